The maximum Gasteiger partial charge on any atom is 0.133 e. The molecule has 1 aliphatic carbocycles. The molecule has 3 heteroatoms. The Kier molecular flexibility index (Phi) is 2.97. The van der Waals surface area contributed by atoms with Gasteiger partial charge < -0.3 is 0 Å². The van der Waals surface area contributed by atoms with Crippen molar-refractivity contribution in [2.75, 3.05) is 0 Å². The molecular formula is C16H18N2O. The van der Waals surface area contributed by atoms with E-state index in [0.29, 0.717) is 5.78 Å². The Morgan fingerprint density at radius 2 is 2.26 bits per heavy atom. The van der Waals surface area contributed by atoms with Crippen LogP contribution in [0.4, 0.5) is 0 Å². The van der Waals surface area contributed by atoms with Crippen molar-refractivity contribution < 1.29 is 4.79 Å². The zero-order valence-electron chi connectivity index (χ0n) is 11.4. The number of carbonyl (C=O) groups excluding carboxylic acids is 1. The predicted molar refractivity (Wildman–Crippen MR) is 76.7 cm³/mol. The van der Waals surface area contributed by atoms with Gasteiger partial charge in [0.05, 0.1) is 5.52 Å². The fraction of sp³-hybridized carbons (Fsp3) is 0.375. The third-order valence-electron chi connectivity index (χ3n) is 3.98. The molecule has 2 aromatic rings. The quantitative estimate of drug-likeness (QED) is 0.823. The molecule has 0 bridgehead atoms. The van der Waals surface area contributed by atoms with Crippen LogP contribution in [0.1, 0.15) is 31.7 Å². The summed E-state index contributed by atoms with van der Waals surface area (Å²) in [6, 6.07) is 6.43. The van der Waals surface area contributed by atoms with Gasteiger partial charge in [0, 0.05) is 24.5 Å². The van der Waals surface area contributed by atoms with Crippen molar-refractivity contribution in [3.63, 3.8) is 0 Å². The maximum atomic E-state index is 11.4. The molecule has 1 aromatic carbocycles. The molecule has 0 amide bonds. The smallest absolute Gasteiger partial charge is 0.133 e. The van der Waals surface area contributed by atoms with E-state index in [2.05, 4.69) is 29.4 Å². The molecule has 0 saturated carbocycles. The average Bonchev–Trinajstić information content (AvgIpc) is 2.77. The monoisotopic (exact) mass is 254 g/mol. The summed E-state index contributed by atoms with van der Waals surface area (Å²) in [6.45, 7) is 1.70. The van der Waals surface area contributed by atoms with Crippen LogP contribution in [0.3, 0.4) is 0 Å². The van der Waals surface area contributed by atoms with E-state index >= 15 is 0 Å². The number of nitrogens with zero attached hydrogens (tertiary/aromatic N) is 2. The SMILES string of the molecule is CC(=O)C1CC=C(c2ccc3cn(C)nc3c2)CC1. The molecule has 1 atom stereocenters. The maximum absolute atomic E-state index is 11.4. The van der Waals surface area contributed by atoms with E-state index < -0.39 is 0 Å². The molecular weight excluding hydrogens is 236 g/mol. The Balaban J connectivity index is 1.90. The van der Waals surface area contributed by atoms with E-state index in [0.717, 1.165) is 24.8 Å². The normalized spacial score (nSPS) is 19.5. The number of rotatable bonds is 2. The summed E-state index contributed by atoms with van der Waals surface area (Å²) >= 11 is 0. The summed E-state index contributed by atoms with van der Waals surface area (Å²) in [7, 11) is 1.94. The van der Waals surface area contributed by atoms with Crippen LogP contribution in [0.25, 0.3) is 16.5 Å². The van der Waals surface area contributed by atoms with Crippen molar-refractivity contribution in [2.24, 2.45) is 13.0 Å². The van der Waals surface area contributed by atoms with Gasteiger partial charge in [-0.25, -0.2) is 0 Å². The highest BCUT2D eigenvalue weighted by molar-refractivity contribution is 5.84. The van der Waals surface area contributed by atoms with Gasteiger partial charge in [-0.2, -0.15) is 5.10 Å². The van der Waals surface area contributed by atoms with Crippen LogP contribution in [0.15, 0.2) is 30.5 Å². The van der Waals surface area contributed by atoms with Crippen LogP contribution in [0, 0.1) is 5.92 Å². The predicted octanol–water partition coefficient (Wildman–Crippen LogP) is 3.35. The molecule has 0 N–H and O–H groups in total. The van der Waals surface area contributed by atoms with E-state index in [4.69, 9.17) is 0 Å². The third-order valence-corrected chi connectivity index (χ3v) is 3.98. The zero-order chi connectivity index (χ0) is 13.4. The van der Waals surface area contributed by atoms with Crippen LogP contribution in [-0.2, 0) is 11.8 Å². The lowest BCUT2D eigenvalue weighted by Gasteiger charge is -2.19. The highest BCUT2D eigenvalue weighted by Crippen LogP contribution is 2.31. The molecule has 0 spiro atoms. The molecule has 1 aliphatic rings. The summed E-state index contributed by atoms with van der Waals surface area (Å²) in [5.41, 5.74) is 3.63. The second-order valence-electron chi connectivity index (χ2n) is 5.39. The average molecular weight is 254 g/mol. The Labute approximate surface area is 112 Å². The van der Waals surface area contributed by atoms with E-state index in [-0.39, 0.29) is 5.92 Å². The van der Waals surface area contributed by atoms with Crippen molar-refractivity contribution >= 4 is 22.3 Å². The second-order valence-corrected chi connectivity index (χ2v) is 5.39. The molecule has 1 aromatic heterocycles. The number of ketones is 1. The summed E-state index contributed by atoms with van der Waals surface area (Å²) in [6.07, 6.45) is 7.09. The molecule has 98 valence electrons. The number of fused-ring (bicyclic) bond motifs is 1. The summed E-state index contributed by atoms with van der Waals surface area (Å²) in [4.78, 5) is 11.4. The van der Waals surface area contributed by atoms with Gasteiger partial charge in [-0.05, 0) is 43.4 Å². The van der Waals surface area contributed by atoms with Gasteiger partial charge >= 0.3 is 0 Å². The first-order valence-electron chi connectivity index (χ1n) is 6.77. The van der Waals surface area contributed by atoms with Gasteiger partial charge in [0.25, 0.3) is 0 Å². The Morgan fingerprint density at radius 3 is 2.95 bits per heavy atom. The van der Waals surface area contributed by atoms with Crippen LogP contribution in [0.2, 0.25) is 0 Å². The van der Waals surface area contributed by atoms with Crippen LogP contribution < -0.4 is 0 Å². The number of hydrogen-bond acceptors (Lipinski definition) is 2. The van der Waals surface area contributed by atoms with Crippen LogP contribution >= 0.6 is 0 Å². The first kappa shape index (κ1) is 12.2. The van der Waals surface area contributed by atoms with Gasteiger partial charge in [-0.1, -0.05) is 18.2 Å². The molecule has 3 nitrogen and oxygen atoms in total. The number of benzene rings is 1. The molecule has 0 fully saturated rings. The zero-order valence-corrected chi connectivity index (χ0v) is 11.4. The highest BCUT2D eigenvalue weighted by Gasteiger charge is 2.19. The van der Waals surface area contributed by atoms with Gasteiger partial charge in [0.2, 0.25) is 0 Å². The van der Waals surface area contributed by atoms with Crippen molar-refractivity contribution in [1.29, 1.82) is 0 Å². The number of aryl methyl sites for hydroxylation is 1. The first-order valence-corrected chi connectivity index (χ1v) is 6.77. The standard InChI is InChI=1S/C16H18N2O/c1-11(19)12-3-5-13(6-4-12)14-7-8-15-10-18(2)17-16(15)9-14/h5,7-10,12H,3-4,6H2,1-2H3. The largest absolute Gasteiger partial charge is 0.300 e. The summed E-state index contributed by atoms with van der Waals surface area (Å²) in [5, 5.41) is 5.62. The van der Waals surface area contributed by atoms with Gasteiger partial charge in [-0.15, -0.1) is 0 Å². The Morgan fingerprint density at radius 1 is 1.42 bits per heavy atom. The second kappa shape index (κ2) is 4.65. The molecule has 0 aliphatic heterocycles. The van der Waals surface area contributed by atoms with Gasteiger partial charge in [-0.3, -0.25) is 9.48 Å². The van der Waals surface area contributed by atoms with Crippen LogP contribution in [-0.4, -0.2) is 15.6 Å². The summed E-state index contributed by atoms with van der Waals surface area (Å²) in [5.74, 6) is 0.540. The van der Waals surface area contributed by atoms with E-state index in [1.165, 1.54) is 16.5 Å². The minimum atomic E-state index is 0.224. The van der Waals surface area contributed by atoms with Gasteiger partial charge in [0.15, 0.2) is 0 Å². The Bertz CT molecular complexity index is 666. The molecule has 19 heavy (non-hydrogen) atoms. The van der Waals surface area contributed by atoms with Crippen molar-refractivity contribution in [3.05, 3.63) is 36.0 Å². The summed E-state index contributed by atoms with van der Waals surface area (Å²) < 4.78 is 1.84. The van der Waals surface area contributed by atoms with Crippen molar-refractivity contribution in [2.45, 2.75) is 26.2 Å². The molecule has 0 radical (unpaired) electrons. The van der Waals surface area contributed by atoms with E-state index in [1.54, 1.807) is 6.92 Å². The van der Waals surface area contributed by atoms with E-state index in [9.17, 15) is 4.79 Å². The topological polar surface area (TPSA) is 34.9 Å². The first-order chi connectivity index (χ1) is 9.13. The number of allylic oxidation sites excluding steroid dienone is 2. The van der Waals surface area contributed by atoms with Crippen LogP contribution in [0.5, 0.6) is 0 Å². The fourth-order valence-corrected chi connectivity index (χ4v) is 2.80. The lowest BCUT2D eigenvalue weighted by molar-refractivity contribution is -0.120. The Hall–Kier alpha value is -1.90. The van der Waals surface area contributed by atoms with E-state index in [1.807, 2.05) is 17.9 Å². The molecule has 1 heterocycles. The molecule has 0 saturated heterocycles. The lowest BCUT2D eigenvalue weighted by Crippen LogP contribution is -2.13. The number of Topliss-reactive ketones (excluding diaryl/α,β-unsaturated/α-hetero) is 1. The van der Waals surface area contributed by atoms with Crippen molar-refractivity contribution in [3.8, 4) is 0 Å². The van der Waals surface area contributed by atoms with Crippen molar-refractivity contribution in [1.82, 2.24) is 9.78 Å². The number of hydrogen-bond donors (Lipinski definition) is 0. The number of carbonyl (C=O) groups is 1. The number of aromatic nitrogens is 2. The minimum absolute atomic E-state index is 0.224. The van der Waals surface area contributed by atoms with Gasteiger partial charge in [0.1, 0.15) is 5.78 Å². The highest BCUT2D eigenvalue weighted by atomic mass is 16.1. The molecule has 3 rings (SSSR count). The molecule has 1 unspecified atom stereocenters. The minimum Gasteiger partial charge on any atom is -0.300 e. The fourth-order valence-electron chi connectivity index (χ4n) is 2.80. The lowest BCUT2D eigenvalue weighted by atomic mass is 9.84. The third kappa shape index (κ3) is 2.33.